The molecular weight excluding hydrogens is 184 g/mol. The second-order valence-electron chi connectivity index (χ2n) is 4.43. The summed E-state index contributed by atoms with van der Waals surface area (Å²) < 4.78 is 0. The van der Waals surface area contributed by atoms with Gasteiger partial charge in [0.2, 0.25) is 0 Å². The summed E-state index contributed by atoms with van der Waals surface area (Å²) in [7, 11) is -1.24. The molecule has 0 unspecified atom stereocenters. The van der Waals surface area contributed by atoms with Gasteiger partial charge in [-0.3, -0.25) is 0 Å². The summed E-state index contributed by atoms with van der Waals surface area (Å²) in [5.74, 6) is 0. The van der Waals surface area contributed by atoms with Crippen molar-refractivity contribution in [2.24, 2.45) is 0 Å². The van der Waals surface area contributed by atoms with E-state index in [1.165, 1.54) is 19.3 Å². The zero-order chi connectivity index (χ0) is 10.4. The number of rotatable bonds is 5. The monoisotopic (exact) mass is 205 g/mol. The molecule has 0 aliphatic carbocycles. The topological polar surface area (TPSA) is 0 Å². The molecule has 1 radical (unpaired) electrons. The van der Waals surface area contributed by atoms with Crippen LogP contribution in [0, 0.1) is 6.04 Å². The molecule has 0 nitrogen and oxygen atoms in total. The molecule has 0 spiro atoms. The second-order valence-corrected chi connectivity index (χ2v) is 8.86. The molecule has 1 aromatic rings. The van der Waals surface area contributed by atoms with Crippen LogP contribution in [-0.2, 0) is 0 Å². The zero-order valence-corrected chi connectivity index (χ0v) is 10.6. The van der Waals surface area contributed by atoms with Gasteiger partial charge in [0.25, 0.3) is 0 Å². The van der Waals surface area contributed by atoms with E-state index in [-0.39, 0.29) is 0 Å². The van der Waals surface area contributed by atoms with Gasteiger partial charge >= 0.3 is 0 Å². The van der Waals surface area contributed by atoms with Crippen LogP contribution in [0.2, 0.25) is 13.1 Å². The molecule has 0 aromatic heterocycles. The first-order chi connectivity index (χ1) is 6.67. The van der Waals surface area contributed by atoms with Gasteiger partial charge < -0.3 is 0 Å². The van der Waals surface area contributed by atoms with Crippen LogP contribution < -0.4 is 5.19 Å². The number of hydrogen-bond donors (Lipinski definition) is 0. The Labute approximate surface area is 89.4 Å². The Morgan fingerprint density at radius 3 is 2.36 bits per heavy atom. The van der Waals surface area contributed by atoms with Crippen molar-refractivity contribution in [3.8, 4) is 0 Å². The van der Waals surface area contributed by atoms with Gasteiger partial charge in [0.15, 0.2) is 0 Å². The van der Waals surface area contributed by atoms with E-state index in [1.807, 2.05) is 0 Å². The van der Waals surface area contributed by atoms with E-state index in [9.17, 15) is 0 Å². The summed E-state index contributed by atoms with van der Waals surface area (Å²) in [6.07, 6.45) is 3.92. The Kier molecular flexibility index (Phi) is 4.40. The average molecular weight is 205 g/mol. The molecule has 14 heavy (non-hydrogen) atoms. The lowest BCUT2D eigenvalue weighted by molar-refractivity contribution is 0.801. The fourth-order valence-corrected chi connectivity index (χ4v) is 3.87. The zero-order valence-electron chi connectivity index (χ0n) is 9.59. The first-order valence-electron chi connectivity index (χ1n) is 5.56. The van der Waals surface area contributed by atoms with Crippen LogP contribution in [0.4, 0.5) is 0 Å². The first kappa shape index (κ1) is 11.5. The van der Waals surface area contributed by atoms with E-state index in [1.54, 1.807) is 5.19 Å². The molecule has 77 valence electrons. The van der Waals surface area contributed by atoms with Gasteiger partial charge in [-0.2, -0.15) is 0 Å². The van der Waals surface area contributed by atoms with Crippen LogP contribution in [0.25, 0.3) is 0 Å². The number of unbranched alkanes of at least 4 members (excludes halogenated alkanes) is 2. The van der Waals surface area contributed by atoms with Gasteiger partial charge in [0.05, 0.1) is 8.07 Å². The first-order valence-corrected chi connectivity index (χ1v) is 8.64. The molecule has 0 amide bonds. The summed E-state index contributed by atoms with van der Waals surface area (Å²) >= 11 is 0. The highest BCUT2D eigenvalue weighted by Gasteiger charge is 2.21. The summed E-state index contributed by atoms with van der Waals surface area (Å²) in [5.41, 5.74) is 0. The lowest BCUT2D eigenvalue weighted by Gasteiger charge is -2.22. The SMILES string of the molecule is CCCC[CH][Si](C)(C)c1ccccc1. The van der Waals surface area contributed by atoms with Crippen LogP contribution in [-0.4, -0.2) is 8.07 Å². The summed E-state index contributed by atoms with van der Waals surface area (Å²) in [6, 6.07) is 13.5. The minimum Gasteiger partial charge on any atom is -0.0654 e. The summed E-state index contributed by atoms with van der Waals surface area (Å²) in [6.45, 7) is 7.11. The van der Waals surface area contributed by atoms with Gasteiger partial charge in [-0.25, -0.2) is 0 Å². The Morgan fingerprint density at radius 1 is 1.14 bits per heavy atom. The molecule has 0 aliphatic heterocycles. The highest BCUT2D eigenvalue weighted by molar-refractivity contribution is 6.92. The Hall–Kier alpha value is -0.563. The van der Waals surface area contributed by atoms with Crippen molar-refractivity contribution in [1.82, 2.24) is 0 Å². The van der Waals surface area contributed by atoms with Gasteiger partial charge in [0, 0.05) is 0 Å². The van der Waals surface area contributed by atoms with Crippen LogP contribution in [0.1, 0.15) is 26.2 Å². The lowest BCUT2D eigenvalue weighted by Crippen LogP contribution is -2.42. The molecule has 0 aliphatic rings. The number of benzene rings is 1. The molecule has 0 atom stereocenters. The lowest BCUT2D eigenvalue weighted by atomic mass is 10.3. The molecule has 0 saturated carbocycles. The van der Waals surface area contributed by atoms with Crippen molar-refractivity contribution >= 4 is 13.3 Å². The minimum absolute atomic E-state index is 1.24. The maximum absolute atomic E-state index is 2.58. The second kappa shape index (κ2) is 5.35. The molecule has 0 heterocycles. The fraction of sp³-hybridized carbons (Fsp3) is 0.462. The molecular formula is C13H21Si. The third-order valence-electron chi connectivity index (χ3n) is 2.73. The highest BCUT2D eigenvalue weighted by atomic mass is 28.3. The average Bonchev–Trinajstić information content (AvgIpc) is 2.19. The Bertz CT molecular complexity index is 251. The number of hydrogen-bond acceptors (Lipinski definition) is 0. The standard InChI is InChI=1S/C13H21Si/c1-4-5-9-12-14(2,3)13-10-7-6-8-11-13/h6-8,10-12H,4-5,9H2,1-3H3. The fourth-order valence-electron chi connectivity index (χ4n) is 1.65. The van der Waals surface area contributed by atoms with Crippen molar-refractivity contribution in [3.63, 3.8) is 0 Å². The molecule has 1 heteroatoms. The van der Waals surface area contributed by atoms with Gasteiger partial charge in [0.1, 0.15) is 0 Å². The normalized spacial score (nSPS) is 11.6. The van der Waals surface area contributed by atoms with Crippen molar-refractivity contribution in [2.75, 3.05) is 0 Å². The highest BCUT2D eigenvalue weighted by Crippen LogP contribution is 2.12. The van der Waals surface area contributed by atoms with Gasteiger partial charge in [-0.05, 0) is 6.04 Å². The Morgan fingerprint density at radius 2 is 1.79 bits per heavy atom. The van der Waals surface area contributed by atoms with Crippen molar-refractivity contribution in [2.45, 2.75) is 39.3 Å². The predicted molar refractivity (Wildman–Crippen MR) is 67.4 cm³/mol. The quantitative estimate of drug-likeness (QED) is 0.509. The molecule has 1 rings (SSSR count). The maximum Gasteiger partial charge on any atom is 0.0836 e. The van der Waals surface area contributed by atoms with Gasteiger partial charge in [-0.15, -0.1) is 0 Å². The van der Waals surface area contributed by atoms with E-state index in [0.717, 1.165) is 0 Å². The van der Waals surface area contributed by atoms with E-state index < -0.39 is 8.07 Å². The molecule has 0 saturated heterocycles. The van der Waals surface area contributed by atoms with Gasteiger partial charge in [-0.1, -0.05) is 74.8 Å². The van der Waals surface area contributed by atoms with Crippen molar-refractivity contribution in [1.29, 1.82) is 0 Å². The van der Waals surface area contributed by atoms with E-state index >= 15 is 0 Å². The largest absolute Gasteiger partial charge is 0.0836 e. The van der Waals surface area contributed by atoms with Crippen LogP contribution in [0.15, 0.2) is 30.3 Å². The molecule has 0 bridgehead atoms. The minimum atomic E-state index is -1.24. The predicted octanol–water partition coefficient (Wildman–Crippen LogP) is 3.54. The summed E-state index contributed by atoms with van der Waals surface area (Å²) in [5, 5.41) is 1.55. The van der Waals surface area contributed by atoms with Crippen molar-refractivity contribution < 1.29 is 0 Å². The van der Waals surface area contributed by atoms with E-state index in [2.05, 4.69) is 56.4 Å². The van der Waals surface area contributed by atoms with E-state index in [0.29, 0.717) is 0 Å². The molecule has 0 fully saturated rings. The summed E-state index contributed by atoms with van der Waals surface area (Å²) in [4.78, 5) is 0. The van der Waals surface area contributed by atoms with Crippen LogP contribution >= 0.6 is 0 Å². The third kappa shape index (κ3) is 3.30. The van der Waals surface area contributed by atoms with Crippen molar-refractivity contribution in [3.05, 3.63) is 36.4 Å². The Balaban J connectivity index is 2.56. The molecule has 1 aromatic carbocycles. The smallest absolute Gasteiger partial charge is 0.0654 e. The van der Waals surface area contributed by atoms with Crippen LogP contribution in [0.3, 0.4) is 0 Å². The van der Waals surface area contributed by atoms with Crippen LogP contribution in [0.5, 0.6) is 0 Å². The maximum atomic E-state index is 2.58. The third-order valence-corrected chi connectivity index (χ3v) is 5.86. The molecule has 0 N–H and O–H groups in total. The van der Waals surface area contributed by atoms with E-state index in [4.69, 9.17) is 0 Å².